The predicted octanol–water partition coefficient (Wildman–Crippen LogP) is 20.2. The minimum absolute atomic E-state index is 0.383. The Bertz CT molecular complexity index is 6470. The molecule has 4 aliphatic heterocycles. The van der Waals surface area contributed by atoms with E-state index in [0.717, 1.165) is 66.1 Å². The minimum atomic E-state index is -0.435. The zero-order valence-electron chi connectivity index (χ0n) is 65.7. The number of rotatable bonds is 16. The van der Waals surface area contributed by atoms with Crippen LogP contribution < -0.4 is 57.5 Å². The molecule has 0 saturated carbocycles. The molecule has 0 fully saturated rings. The molecule has 0 spiro atoms. The summed E-state index contributed by atoms with van der Waals surface area (Å²) >= 11 is 0. The SMILES string of the molecule is COc1ccc2c3c(ccc(OC)c13)C(=O)N(c1ccc(-c3c4ccccc4c(-c4ccc(N5C(=O)c6ccc(OC)c7c(OC)ccc(c67)C5=O)cc4)c4ccccc34)cc1)C2=O.COc1ccc2c3c(ccc(OC)c13)C(=O)N(c1ccc(-c3ccc(-c4ccc(N5C(=O)c6ccc(OC)c7c(OC)ccc(c67)C5=O)cc4)cc3)cc1)C2=O. The summed E-state index contributed by atoms with van der Waals surface area (Å²) in [6.45, 7) is 0. The molecule has 4 aliphatic rings. The Kier molecular flexibility index (Phi) is 18.0. The smallest absolute Gasteiger partial charge is 0.265 e. The van der Waals surface area contributed by atoms with Crippen molar-refractivity contribution in [3.05, 3.63) is 311 Å². The second kappa shape index (κ2) is 29.1. The highest BCUT2D eigenvalue weighted by molar-refractivity contribution is 6.40. The van der Waals surface area contributed by atoms with Gasteiger partial charge < -0.3 is 37.9 Å². The summed E-state index contributed by atoms with van der Waals surface area (Å²) in [6, 6.07) is 81.2. The van der Waals surface area contributed by atoms with Crippen LogP contribution in [0.1, 0.15) is 82.9 Å². The fourth-order valence-electron chi connectivity index (χ4n) is 17.6. The van der Waals surface area contributed by atoms with Gasteiger partial charge in [0.25, 0.3) is 47.3 Å². The summed E-state index contributed by atoms with van der Waals surface area (Å²) in [7, 11) is 12.3. The lowest BCUT2D eigenvalue weighted by Gasteiger charge is -2.28. The number of methoxy groups -OCH3 is 8. The fraction of sp³-hybridized carbons (Fsp3) is 0.0800. The van der Waals surface area contributed by atoms with Gasteiger partial charge in [0, 0.05) is 66.1 Å². The van der Waals surface area contributed by atoms with Crippen molar-refractivity contribution >= 4 is 135 Å². The second-order valence-electron chi connectivity index (χ2n) is 28.9. The van der Waals surface area contributed by atoms with Crippen molar-refractivity contribution in [3.8, 4) is 90.5 Å². The summed E-state index contributed by atoms with van der Waals surface area (Å²) in [5.74, 6) is 0.664. The third-order valence-electron chi connectivity index (χ3n) is 23.1. The number of carbonyl (C=O) groups is 8. The molecule has 20 heteroatoms. The van der Waals surface area contributed by atoms with Crippen LogP contribution in [0.4, 0.5) is 22.7 Å². The van der Waals surface area contributed by atoms with E-state index in [9.17, 15) is 38.4 Å². The quantitative estimate of drug-likeness (QED) is 0.0648. The molecule has 8 amide bonds. The van der Waals surface area contributed by atoms with Gasteiger partial charge in [-0.3, -0.25) is 38.4 Å². The van der Waals surface area contributed by atoms with Crippen molar-refractivity contribution in [2.24, 2.45) is 0 Å². The molecule has 584 valence electrons. The number of nitrogens with zero attached hydrogens (tertiary/aromatic N) is 4. The molecule has 0 aliphatic carbocycles. The van der Waals surface area contributed by atoms with Crippen molar-refractivity contribution in [2.45, 2.75) is 0 Å². The Labute approximate surface area is 685 Å². The number of hydrogen-bond donors (Lipinski definition) is 0. The first-order valence-electron chi connectivity index (χ1n) is 38.3. The van der Waals surface area contributed by atoms with Crippen LogP contribution in [0, 0.1) is 0 Å². The van der Waals surface area contributed by atoms with Crippen LogP contribution in [0.25, 0.3) is 109 Å². The normalized spacial score (nSPS) is 13.4. The number of carbonyl (C=O) groups excluding carboxylic acids is 8. The topological polar surface area (TPSA) is 223 Å². The van der Waals surface area contributed by atoms with E-state index in [4.69, 9.17) is 37.9 Å². The number of ether oxygens (including phenoxy) is 8. The lowest BCUT2D eigenvalue weighted by molar-refractivity contribution is 0.0877. The van der Waals surface area contributed by atoms with Crippen LogP contribution in [0.5, 0.6) is 46.0 Å². The van der Waals surface area contributed by atoms with E-state index in [1.165, 1.54) is 48.0 Å². The van der Waals surface area contributed by atoms with Gasteiger partial charge in [0.1, 0.15) is 46.0 Å². The fourth-order valence-corrected chi connectivity index (χ4v) is 17.6. The van der Waals surface area contributed by atoms with E-state index < -0.39 is 47.3 Å². The molecule has 0 unspecified atom stereocenters. The van der Waals surface area contributed by atoms with Gasteiger partial charge in [-0.1, -0.05) is 121 Å². The van der Waals surface area contributed by atoms with Crippen LogP contribution in [0.3, 0.4) is 0 Å². The van der Waals surface area contributed by atoms with E-state index in [0.29, 0.717) is 156 Å². The highest BCUT2D eigenvalue weighted by atomic mass is 16.5. The Morgan fingerprint density at radius 1 is 0.167 bits per heavy atom. The van der Waals surface area contributed by atoms with Gasteiger partial charge in [-0.15, -0.1) is 0 Å². The maximum absolute atomic E-state index is 14.1. The van der Waals surface area contributed by atoms with Crippen molar-refractivity contribution in [1.82, 2.24) is 0 Å². The van der Waals surface area contributed by atoms with Gasteiger partial charge in [0.2, 0.25) is 0 Å². The number of imide groups is 4. The van der Waals surface area contributed by atoms with E-state index in [2.05, 4.69) is 24.3 Å². The second-order valence-corrected chi connectivity index (χ2v) is 28.9. The third-order valence-corrected chi connectivity index (χ3v) is 23.1. The molecule has 20 rings (SSSR count). The highest BCUT2D eigenvalue weighted by Gasteiger charge is 2.41. The van der Waals surface area contributed by atoms with Crippen LogP contribution in [-0.2, 0) is 0 Å². The number of amides is 8. The van der Waals surface area contributed by atoms with Gasteiger partial charge in [0.05, 0.1) is 101 Å². The highest BCUT2D eigenvalue weighted by Crippen LogP contribution is 2.50. The Balaban J connectivity index is 0.000000160. The Hall–Kier alpha value is -16.0. The van der Waals surface area contributed by atoms with Crippen molar-refractivity contribution < 1.29 is 76.3 Å². The molecule has 0 atom stereocenters. The minimum Gasteiger partial charge on any atom is -0.496 e. The average molecular weight is 1580 g/mol. The van der Waals surface area contributed by atoms with Crippen LogP contribution >= 0.6 is 0 Å². The lowest BCUT2D eigenvalue weighted by atomic mass is 9.86. The molecule has 4 heterocycles. The van der Waals surface area contributed by atoms with E-state index in [-0.39, 0.29) is 0 Å². The lowest BCUT2D eigenvalue weighted by Crippen LogP contribution is -2.40. The van der Waals surface area contributed by atoms with Gasteiger partial charge in [0.15, 0.2) is 0 Å². The Morgan fingerprint density at radius 3 is 0.475 bits per heavy atom. The predicted molar refractivity (Wildman–Crippen MR) is 462 cm³/mol. The summed E-state index contributed by atoms with van der Waals surface area (Å²) < 4.78 is 44.5. The van der Waals surface area contributed by atoms with Crippen molar-refractivity contribution in [2.75, 3.05) is 76.5 Å². The maximum Gasteiger partial charge on any atom is 0.265 e. The maximum atomic E-state index is 14.1. The zero-order chi connectivity index (χ0) is 82.8. The molecule has 16 aromatic rings. The molecule has 120 heavy (non-hydrogen) atoms. The number of benzene rings is 16. The first-order valence-corrected chi connectivity index (χ1v) is 38.3. The molecular weight excluding hydrogens is 1510 g/mol. The average Bonchev–Trinajstić information content (AvgIpc) is 0.737. The monoisotopic (exact) mass is 1580 g/mol. The van der Waals surface area contributed by atoms with E-state index in [1.807, 2.05) is 121 Å². The Morgan fingerprint density at radius 2 is 0.317 bits per heavy atom. The van der Waals surface area contributed by atoms with Crippen molar-refractivity contribution in [3.63, 3.8) is 0 Å². The van der Waals surface area contributed by atoms with Crippen LogP contribution in [-0.4, -0.2) is 104 Å². The van der Waals surface area contributed by atoms with Crippen LogP contribution in [0.2, 0.25) is 0 Å². The van der Waals surface area contributed by atoms with E-state index in [1.54, 1.807) is 150 Å². The molecule has 0 bridgehead atoms. The summed E-state index contributed by atoms with van der Waals surface area (Å²) in [5.41, 5.74) is 12.4. The van der Waals surface area contributed by atoms with Crippen LogP contribution in [0.15, 0.2) is 267 Å². The number of hydrogen-bond acceptors (Lipinski definition) is 16. The summed E-state index contributed by atoms with van der Waals surface area (Å²) in [5, 5.41) is 8.37. The largest absolute Gasteiger partial charge is 0.496 e. The standard InChI is InChI=1S/C54H36N2O8.C46H32N2O8/c1-61-41-25-21-37-47-38(22-26-42(62-2)49(41)47)52(58)55(51(37)57)31-17-13-29(14-18-31)45-33-9-5-7-11-35(33)46(36-12-8-6-10-34(36)45)30-15-19-32(20-16-30)56-53(59)39-23-27-43(63-3)50-44(64-4)28-24-40(48(39)50)54(56)60;1-53-35-21-17-31-39-32(18-22-36(54-2)41(35)39)44(50)47(43(31)49)29-13-9-27(10-14-29)25-5-7-26(8-6-25)28-11-15-30(16-12-28)48-45(51)33-19-23-37(55-3)42-38(56-4)24-20-34(40(33)42)46(48)52/h5-28H,1-4H3;5-24H,1-4H3. The van der Waals surface area contributed by atoms with E-state index >= 15 is 0 Å². The van der Waals surface area contributed by atoms with Crippen molar-refractivity contribution in [1.29, 1.82) is 0 Å². The first kappa shape index (κ1) is 74.2. The van der Waals surface area contributed by atoms with Gasteiger partial charge in [-0.05, 0) is 212 Å². The summed E-state index contributed by atoms with van der Waals surface area (Å²) in [6.07, 6.45) is 0. The molecule has 0 radical (unpaired) electrons. The van der Waals surface area contributed by atoms with Gasteiger partial charge in [-0.2, -0.15) is 0 Å². The molecular formula is C100H68N4O16. The van der Waals surface area contributed by atoms with Gasteiger partial charge >= 0.3 is 0 Å². The zero-order valence-corrected chi connectivity index (χ0v) is 65.7. The summed E-state index contributed by atoms with van der Waals surface area (Å²) in [4.78, 5) is 117. The first-order chi connectivity index (χ1) is 58.5. The molecule has 16 aromatic carbocycles. The molecule has 20 nitrogen and oxygen atoms in total. The third kappa shape index (κ3) is 11.3. The molecule has 0 aromatic heterocycles. The number of fused-ring (bicyclic) bond motifs is 2. The van der Waals surface area contributed by atoms with Gasteiger partial charge in [-0.25, -0.2) is 19.6 Å². The number of anilines is 4. The molecule has 0 saturated heterocycles. The molecule has 0 N–H and O–H groups in total.